The molecule has 24 heavy (non-hydrogen) atoms. The Bertz CT molecular complexity index is 730. The number of carboxylic acids is 1. The molecule has 1 aromatic heterocycles. The number of halogens is 1. The molecule has 5 nitrogen and oxygen atoms in total. The van der Waals surface area contributed by atoms with Crippen molar-refractivity contribution in [3.05, 3.63) is 40.4 Å². The molecule has 2 aromatic rings. The first kappa shape index (κ1) is 18.4. The van der Waals surface area contributed by atoms with Crippen molar-refractivity contribution in [3.8, 4) is 10.6 Å². The molecule has 1 amide bonds. The first-order valence-corrected chi connectivity index (χ1v) is 8.84. The van der Waals surface area contributed by atoms with Crippen molar-refractivity contribution in [2.75, 3.05) is 0 Å². The number of carbonyl (C=O) groups is 2. The highest BCUT2D eigenvalue weighted by Crippen LogP contribution is 2.30. The molecular weight excluding hydrogens is 348 g/mol. The third-order valence-electron chi connectivity index (χ3n) is 3.34. The number of benzene rings is 1. The maximum Gasteiger partial charge on any atom is 0.326 e. The summed E-state index contributed by atoms with van der Waals surface area (Å²) in [7, 11) is 0. The van der Waals surface area contributed by atoms with Gasteiger partial charge in [0.05, 0.1) is 17.1 Å². The molecule has 0 aliphatic carbocycles. The smallest absolute Gasteiger partial charge is 0.326 e. The monoisotopic (exact) mass is 366 g/mol. The quantitative estimate of drug-likeness (QED) is 0.784. The van der Waals surface area contributed by atoms with Crippen LogP contribution in [-0.4, -0.2) is 28.0 Å². The number of amides is 1. The lowest BCUT2D eigenvalue weighted by molar-refractivity contribution is -0.142. The Kier molecular flexibility index (Phi) is 6.34. The SMILES string of the molecule is CC(C)C[C@@H](NC(=O)Cc1csc(-c2ccccc2Cl)n1)C(=O)O. The van der Waals surface area contributed by atoms with Crippen molar-refractivity contribution in [2.24, 2.45) is 5.92 Å². The van der Waals surface area contributed by atoms with E-state index in [4.69, 9.17) is 11.6 Å². The molecule has 7 heteroatoms. The number of hydrogen-bond acceptors (Lipinski definition) is 4. The van der Waals surface area contributed by atoms with Crippen LogP contribution in [-0.2, 0) is 16.0 Å². The van der Waals surface area contributed by atoms with E-state index in [1.165, 1.54) is 11.3 Å². The number of hydrogen-bond donors (Lipinski definition) is 2. The molecule has 2 N–H and O–H groups in total. The van der Waals surface area contributed by atoms with Gasteiger partial charge in [-0.15, -0.1) is 11.3 Å². The topological polar surface area (TPSA) is 79.3 Å². The van der Waals surface area contributed by atoms with Gasteiger partial charge < -0.3 is 10.4 Å². The maximum absolute atomic E-state index is 12.1. The number of aliphatic carboxylic acids is 1. The molecule has 0 aliphatic rings. The zero-order valence-corrected chi connectivity index (χ0v) is 15.0. The summed E-state index contributed by atoms with van der Waals surface area (Å²) in [6, 6.07) is 6.49. The lowest BCUT2D eigenvalue weighted by Crippen LogP contribution is -2.42. The number of carbonyl (C=O) groups excluding carboxylic acids is 1. The zero-order chi connectivity index (χ0) is 17.7. The van der Waals surface area contributed by atoms with Gasteiger partial charge in [-0.2, -0.15) is 0 Å². The summed E-state index contributed by atoms with van der Waals surface area (Å²) in [6.45, 7) is 3.83. The molecular formula is C17H19ClN2O3S. The number of carboxylic acid groups (broad SMARTS) is 1. The van der Waals surface area contributed by atoms with Crippen LogP contribution in [0.15, 0.2) is 29.6 Å². The Morgan fingerprint density at radius 2 is 2.04 bits per heavy atom. The third kappa shape index (κ3) is 5.04. The number of rotatable bonds is 7. The summed E-state index contributed by atoms with van der Waals surface area (Å²) in [5.41, 5.74) is 1.42. The predicted octanol–water partition coefficient (Wildman–Crippen LogP) is 3.62. The van der Waals surface area contributed by atoms with Crippen LogP contribution in [0.4, 0.5) is 0 Å². The molecule has 0 saturated heterocycles. The fraction of sp³-hybridized carbons (Fsp3) is 0.353. The summed E-state index contributed by atoms with van der Waals surface area (Å²) in [5, 5.41) is 14.9. The van der Waals surface area contributed by atoms with Crippen LogP contribution in [0.3, 0.4) is 0 Å². The molecule has 0 aliphatic heterocycles. The second-order valence-electron chi connectivity index (χ2n) is 5.89. The molecule has 0 bridgehead atoms. The van der Waals surface area contributed by atoms with Gasteiger partial charge in [0, 0.05) is 10.9 Å². The summed E-state index contributed by atoms with van der Waals surface area (Å²) >= 11 is 7.55. The summed E-state index contributed by atoms with van der Waals surface area (Å²) in [6.07, 6.45) is 0.436. The Morgan fingerprint density at radius 3 is 2.67 bits per heavy atom. The second kappa shape index (κ2) is 8.26. The largest absolute Gasteiger partial charge is 0.480 e. The van der Waals surface area contributed by atoms with Crippen LogP contribution in [0.1, 0.15) is 26.0 Å². The van der Waals surface area contributed by atoms with E-state index in [-0.39, 0.29) is 18.2 Å². The Labute approximate surface area is 149 Å². The minimum Gasteiger partial charge on any atom is -0.480 e. The molecule has 1 heterocycles. The van der Waals surface area contributed by atoms with Crippen molar-refractivity contribution < 1.29 is 14.7 Å². The highest BCUT2D eigenvalue weighted by molar-refractivity contribution is 7.13. The Hall–Kier alpha value is -1.92. The van der Waals surface area contributed by atoms with Crippen molar-refractivity contribution in [1.82, 2.24) is 10.3 Å². The van der Waals surface area contributed by atoms with Crippen LogP contribution >= 0.6 is 22.9 Å². The molecule has 1 aromatic carbocycles. The van der Waals surface area contributed by atoms with E-state index in [9.17, 15) is 14.7 Å². The fourth-order valence-corrected chi connectivity index (χ4v) is 3.39. The fourth-order valence-electron chi connectivity index (χ4n) is 2.25. The molecule has 0 spiro atoms. The first-order valence-electron chi connectivity index (χ1n) is 7.58. The highest BCUT2D eigenvalue weighted by Gasteiger charge is 2.21. The lowest BCUT2D eigenvalue weighted by Gasteiger charge is -2.16. The first-order chi connectivity index (χ1) is 11.4. The summed E-state index contributed by atoms with van der Waals surface area (Å²) in [4.78, 5) is 27.7. The highest BCUT2D eigenvalue weighted by atomic mass is 35.5. The number of nitrogens with one attached hydrogen (secondary N) is 1. The predicted molar refractivity (Wildman–Crippen MR) is 95.3 cm³/mol. The standard InChI is InChI=1S/C17H19ClN2O3S/c1-10(2)7-14(17(22)23)20-15(21)8-11-9-24-16(19-11)12-5-3-4-6-13(12)18/h3-6,9-10,14H,7-8H2,1-2H3,(H,20,21)(H,22,23)/t14-/m1/s1. The van der Waals surface area contributed by atoms with Crippen molar-refractivity contribution in [3.63, 3.8) is 0 Å². The summed E-state index contributed by atoms with van der Waals surface area (Å²) < 4.78 is 0. The lowest BCUT2D eigenvalue weighted by atomic mass is 10.0. The number of nitrogens with zero attached hydrogens (tertiary/aromatic N) is 1. The van der Waals surface area contributed by atoms with E-state index in [1.807, 2.05) is 32.0 Å². The van der Waals surface area contributed by atoms with Gasteiger partial charge in [0.2, 0.25) is 5.91 Å². The van der Waals surface area contributed by atoms with Gasteiger partial charge in [0.1, 0.15) is 11.0 Å². The van der Waals surface area contributed by atoms with Gasteiger partial charge in [-0.3, -0.25) is 4.79 Å². The average molecular weight is 367 g/mol. The molecule has 0 saturated carbocycles. The van der Waals surface area contributed by atoms with Crippen LogP contribution < -0.4 is 5.32 Å². The van der Waals surface area contributed by atoms with Crippen LogP contribution in [0.25, 0.3) is 10.6 Å². The summed E-state index contributed by atoms with van der Waals surface area (Å²) in [5.74, 6) is -1.19. The van der Waals surface area contributed by atoms with Crippen LogP contribution in [0.2, 0.25) is 5.02 Å². The van der Waals surface area contributed by atoms with Gasteiger partial charge in [0.25, 0.3) is 0 Å². The molecule has 1 atom stereocenters. The number of thiazole rings is 1. The minimum absolute atomic E-state index is 0.0445. The van der Waals surface area contributed by atoms with Gasteiger partial charge in [0.15, 0.2) is 0 Å². The molecule has 0 unspecified atom stereocenters. The van der Waals surface area contributed by atoms with Crippen LogP contribution in [0, 0.1) is 5.92 Å². The van der Waals surface area contributed by atoms with E-state index in [0.29, 0.717) is 17.1 Å². The maximum atomic E-state index is 12.1. The van der Waals surface area contributed by atoms with Gasteiger partial charge in [-0.1, -0.05) is 43.6 Å². The van der Waals surface area contributed by atoms with E-state index < -0.39 is 12.0 Å². The number of aromatic nitrogens is 1. The van der Waals surface area contributed by atoms with E-state index in [1.54, 1.807) is 11.4 Å². The van der Waals surface area contributed by atoms with E-state index in [2.05, 4.69) is 10.3 Å². The normalized spacial score (nSPS) is 12.2. The van der Waals surface area contributed by atoms with Crippen molar-refractivity contribution in [1.29, 1.82) is 0 Å². The minimum atomic E-state index is -1.02. The average Bonchev–Trinajstić information content (AvgIpc) is 2.94. The Morgan fingerprint density at radius 1 is 1.33 bits per heavy atom. The molecule has 128 valence electrons. The molecule has 0 radical (unpaired) electrons. The van der Waals surface area contributed by atoms with Crippen molar-refractivity contribution in [2.45, 2.75) is 32.7 Å². The van der Waals surface area contributed by atoms with Crippen LogP contribution in [0.5, 0.6) is 0 Å². The van der Waals surface area contributed by atoms with E-state index in [0.717, 1.165) is 10.6 Å². The zero-order valence-electron chi connectivity index (χ0n) is 13.5. The van der Waals surface area contributed by atoms with Gasteiger partial charge in [-0.05, 0) is 18.4 Å². The van der Waals surface area contributed by atoms with Gasteiger partial charge in [-0.25, -0.2) is 9.78 Å². The molecule has 2 rings (SSSR count). The van der Waals surface area contributed by atoms with Gasteiger partial charge >= 0.3 is 5.97 Å². The second-order valence-corrected chi connectivity index (χ2v) is 7.15. The molecule has 0 fully saturated rings. The van der Waals surface area contributed by atoms with Crippen molar-refractivity contribution >= 4 is 34.8 Å². The third-order valence-corrected chi connectivity index (χ3v) is 4.59. The Balaban J connectivity index is 2.02. The van der Waals surface area contributed by atoms with E-state index >= 15 is 0 Å².